The van der Waals surface area contributed by atoms with Crippen LogP contribution < -0.4 is 5.73 Å². The summed E-state index contributed by atoms with van der Waals surface area (Å²) >= 11 is 6.21. The van der Waals surface area contributed by atoms with Crippen LogP contribution in [0.3, 0.4) is 0 Å². The summed E-state index contributed by atoms with van der Waals surface area (Å²) in [5.74, 6) is 0. The molecule has 0 radical (unpaired) electrons. The highest BCUT2D eigenvalue weighted by atomic mass is 35.5. The van der Waals surface area contributed by atoms with Gasteiger partial charge in [-0.2, -0.15) is 5.10 Å². The zero-order chi connectivity index (χ0) is 15.5. The van der Waals surface area contributed by atoms with Crippen LogP contribution >= 0.6 is 11.6 Å². The van der Waals surface area contributed by atoms with E-state index in [0.717, 1.165) is 18.5 Å². The van der Waals surface area contributed by atoms with Crippen LogP contribution in [0.1, 0.15) is 70.0 Å². The van der Waals surface area contributed by atoms with Gasteiger partial charge in [-0.1, -0.05) is 63.5 Å². The van der Waals surface area contributed by atoms with Crippen molar-refractivity contribution in [2.24, 2.45) is 5.73 Å². The molecule has 1 heterocycles. The first kappa shape index (κ1) is 18.5. The molecule has 0 saturated heterocycles. The highest BCUT2D eigenvalue weighted by Gasteiger charge is 2.16. The molecule has 1 unspecified atom stereocenters. The quantitative estimate of drug-likeness (QED) is 0.584. The monoisotopic (exact) mass is 315 g/mol. The Morgan fingerprint density at radius 1 is 1.24 bits per heavy atom. The number of hydrogen-bond donors (Lipinski definition) is 1. The molecule has 1 aromatic rings. The van der Waals surface area contributed by atoms with Crippen molar-refractivity contribution in [2.75, 3.05) is 13.7 Å². The van der Waals surface area contributed by atoms with Gasteiger partial charge in [-0.05, 0) is 6.42 Å². The van der Waals surface area contributed by atoms with Crippen molar-refractivity contribution in [3.05, 3.63) is 16.9 Å². The second-order valence-corrected chi connectivity index (χ2v) is 6.02. The predicted molar refractivity (Wildman–Crippen MR) is 88.7 cm³/mol. The van der Waals surface area contributed by atoms with Crippen LogP contribution in [0.25, 0.3) is 0 Å². The Hall–Kier alpha value is -0.580. The molecule has 0 fully saturated rings. The van der Waals surface area contributed by atoms with Gasteiger partial charge in [-0.3, -0.25) is 4.68 Å². The molecule has 0 aromatic carbocycles. The molecule has 2 N–H and O–H groups in total. The van der Waals surface area contributed by atoms with Crippen molar-refractivity contribution in [3.8, 4) is 0 Å². The average Bonchev–Trinajstić information content (AvgIpc) is 2.85. The van der Waals surface area contributed by atoms with Gasteiger partial charge in [-0.25, -0.2) is 0 Å². The number of aromatic nitrogens is 2. The molecule has 122 valence electrons. The van der Waals surface area contributed by atoms with Crippen LogP contribution in [-0.2, 0) is 11.3 Å². The standard InChI is InChI=1S/C16H30ClN3O/c1-3-4-5-6-7-8-9-10-15(18)16-14(17)13-19-20(16)11-12-21-2/h13,15H,3-12,18H2,1-2H3. The van der Waals surface area contributed by atoms with Gasteiger partial charge in [0.05, 0.1) is 30.1 Å². The summed E-state index contributed by atoms with van der Waals surface area (Å²) in [4.78, 5) is 0. The number of nitrogens with zero attached hydrogens (tertiary/aromatic N) is 2. The van der Waals surface area contributed by atoms with Gasteiger partial charge in [0.15, 0.2) is 0 Å². The maximum Gasteiger partial charge on any atom is 0.0834 e. The Morgan fingerprint density at radius 2 is 1.90 bits per heavy atom. The highest BCUT2D eigenvalue weighted by molar-refractivity contribution is 6.31. The third-order valence-electron chi connectivity index (χ3n) is 3.81. The molecule has 21 heavy (non-hydrogen) atoms. The van der Waals surface area contributed by atoms with E-state index in [1.165, 1.54) is 38.5 Å². The zero-order valence-corrected chi connectivity index (χ0v) is 14.2. The Labute approximate surface area is 134 Å². The van der Waals surface area contributed by atoms with Gasteiger partial charge in [0.2, 0.25) is 0 Å². The number of hydrogen-bond acceptors (Lipinski definition) is 3. The van der Waals surface area contributed by atoms with Crippen LogP contribution in [0.5, 0.6) is 0 Å². The van der Waals surface area contributed by atoms with E-state index in [9.17, 15) is 0 Å². The van der Waals surface area contributed by atoms with Crippen LogP contribution in [0.15, 0.2) is 6.20 Å². The van der Waals surface area contributed by atoms with E-state index in [4.69, 9.17) is 22.1 Å². The number of unbranched alkanes of at least 4 members (excludes halogenated alkanes) is 6. The number of halogens is 1. The molecule has 0 spiro atoms. The van der Waals surface area contributed by atoms with Crippen molar-refractivity contribution < 1.29 is 4.74 Å². The molecule has 1 aromatic heterocycles. The number of ether oxygens (including phenoxy) is 1. The Kier molecular flexibility index (Phi) is 9.72. The van der Waals surface area contributed by atoms with E-state index in [1.54, 1.807) is 13.3 Å². The molecule has 4 nitrogen and oxygen atoms in total. The highest BCUT2D eigenvalue weighted by Crippen LogP contribution is 2.25. The Bertz CT molecular complexity index is 382. The smallest absolute Gasteiger partial charge is 0.0834 e. The fourth-order valence-corrected chi connectivity index (χ4v) is 2.84. The summed E-state index contributed by atoms with van der Waals surface area (Å²) < 4.78 is 6.96. The normalized spacial score (nSPS) is 12.8. The molecule has 0 aliphatic carbocycles. The molecule has 0 bridgehead atoms. The molecule has 5 heteroatoms. The summed E-state index contributed by atoms with van der Waals surface area (Å²) in [5.41, 5.74) is 7.23. The first-order valence-corrected chi connectivity index (χ1v) is 8.54. The van der Waals surface area contributed by atoms with Crippen molar-refractivity contribution >= 4 is 11.6 Å². The van der Waals surface area contributed by atoms with Gasteiger partial charge in [-0.15, -0.1) is 0 Å². The van der Waals surface area contributed by atoms with E-state index in [1.807, 2.05) is 4.68 Å². The van der Waals surface area contributed by atoms with Crippen LogP contribution in [0, 0.1) is 0 Å². The fourth-order valence-electron chi connectivity index (χ4n) is 2.55. The third kappa shape index (κ3) is 6.81. The van der Waals surface area contributed by atoms with Gasteiger partial charge >= 0.3 is 0 Å². The molecule has 1 rings (SSSR count). The van der Waals surface area contributed by atoms with E-state index in [0.29, 0.717) is 18.2 Å². The molecule has 0 saturated carbocycles. The Balaban J connectivity index is 2.31. The van der Waals surface area contributed by atoms with Crippen LogP contribution in [0.2, 0.25) is 5.02 Å². The van der Waals surface area contributed by atoms with Gasteiger partial charge < -0.3 is 10.5 Å². The summed E-state index contributed by atoms with van der Waals surface area (Å²) in [6.07, 6.45) is 11.7. The van der Waals surface area contributed by atoms with Crippen molar-refractivity contribution in [1.82, 2.24) is 9.78 Å². The van der Waals surface area contributed by atoms with Gasteiger partial charge in [0, 0.05) is 13.2 Å². The molecule has 1 atom stereocenters. The van der Waals surface area contributed by atoms with Crippen molar-refractivity contribution in [1.29, 1.82) is 0 Å². The second-order valence-electron chi connectivity index (χ2n) is 5.61. The lowest BCUT2D eigenvalue weighted by atomic mass is 10.0. The molecule has 0 aliphatic rings. The second kappa shape index (κ2) is 11.0. The predicted octanol–water partition coefficient (Wildman–Crippen LogP) is 4.32. The lowest BCUT2D eigenvalue weighted by molar-refractivity contribution is 0.182. The average molecular weight is 316 g/mol. The zero-order valence-electron chi connectivity index (χ0n) is 13.5. The molecular formula is C16H30ClN3O. The van der Waals surface area contributed by atoms with Gasteiger partial charge in [0.1, 0.15) is 0 Å². The minimum Gasteiger partial charge on any atom is -0.383 e. The lowest BCUT2D eigenvalue weighted by Crippen LogP contribution is -2.18. The summed E-state index contributed by atoms with van der Waals surface area (Å²) in [6.45, 7) is 3.56. The summed E-state index contributed by atoms with van der Waals surface area (Å²) in [6, 6.07) is -0.0347. The largest absolute Gasteiger partial charge is 0.383 e. The number of rotatable bonds is 12. The number of methoxy groups -OCH3 is 1. The topological polar surface area (TPSA) is 53.1 Å². The summed E-state index contributed by atoms with van der Waals surface area (Å²) in [5, 5.41) is 4.95. The molecule has 0 amide bonds. The maximum absolute atomic E-state index is 6.29. The van der Waals surface area contributed by atoms with Crippen molar-refractivity contribution in [2.45, 2.75) is 70.9 Å². The van der Waals surface area contributed by atoms with Crippen LogP contribution in [0.4, 0.5) is 0 Å². The summed E-state index contributed by atoms with van der Waals surface area (Å²) in [7, 11) is 1.68. The molecule has 0 aliphatic heterocycles. The lowest BCUT2D eigenvalue weighted by Gasteiger charge is -2.15. The number of nitrogens with two attached hydrogens (primary N) is 1. The Morgan fingerprint density at radius 3 is 2.57 bits per heavy atom. The first-order valence-electron chi connectivity index (χ1n) is 8.16. The SMILES string of the molecule is CCCCCCCCCC(N)c1c(Cl)cnn1CCOC. The van der Waals surface area contributed by atoms with Crippen molar-refractivity contribution in [3.63, 3.8) is 0 Å². The van der Waals surface area contributed by atoms with E-state index in [-0.39, 0.29) is 6.04 Å². The third-order valence-corrected chi connectivity index (χ3v) is 4.10. The first-order chi connectivity index (χ1) is 10.2. The van der Waals surface area contributed by atoms with E-state index < -0.39 is 0 Å². The van der Waals surface area contributed by atoms with Gasteiger partial charge in [0.25, 0.3) is 0 Å². The minimum atomic E-state index is -0.0347. The maximum atomic E-state index is 6.29. The van der Waals surface area contributed by atoms with E-state index in [2.05, 4.69) is 12.0 Å². The van der Waals surface area contributed by atoms with Crippen LogP contribution in [-0.4, -0.2) is 23.5 Å². The molecular weight excluding hydrogens is 286 g/mol. The van der Waals surface area contributed by atoms with E-state index >= 15 is 0 Å². The fraction of sp³-hybridized carbons (Fsp3) is 0.812. The minimum absolute atomic E-state index is 0.0347.